The molecule has 0 aliphatic carbocycles. The highest BCUT2D eigenvalue weighted by molar-refractivity contribution is 5.17. The van der Waals surface area contributed by atoms with Crippen LogP contribution in [-0.4, -0.2) is 25.2 Å². The second kappa shape index (κ2) is 5.50. The minimum absolute atomic E-state index is 0.641. The summed E-state index contributed by atoms with van der Waals surface area (Å²) < 4.78 is 4.94. The Morgan fingerprint density at radius 1 is 1.54 bits per heavy atom. The van der Waals surface area contributed by atoms with Crippen LogP contribution in [0.1, 0.15) is 5.56 Å². The second-order valence-corrected chi connectivity index (χ2v) is 2.67. The van der Waals surface area contributed by atoms with Crippen molar-refractivity contribution in [2.24, 2.45) is 5.73 Å². The van der Waals surface area contributed by atoms with Gasteiger partial charge in [-0.2, -0.15) is 0 Å². The standard InChI is InChI=1S/C9H15N3O/c1-13-9-3-2-8(7-12-9)6-11-5-4-10/h2-3,7,11H,4-6,10H2,1H3. The maximum Gasteiger partial charge on any atom is 0.212 e. The number of ether oxygens (including phenoxy) is 1. The lowest BCUT2D eigenvalue weighted by molar-refractivity contribution is 0.397. The summed E-state index contributed by atoms with van der Waals surface area (Å²) in [5.41, 5.74) is 6.47. The largest absolute Gasteiger partial charge is 0.481 e. The molecular formula is C9H15N3O. The van der Waals surface area contributed by atoms with Crippen molar-refractivity contribution in [1.29, 1.82) is 0 Å². The van der Waals surface area contributed by atoms with Crippen LogP contribution in [0.2, 0.25) is 0 Å². The van der Waals surface area contributed by atoms with E-state index in [-0.39, 0.29) is 0 Å². The minimum atomic E-state index is 0.641. The summed E-state index contributed by atoms with van der Waals surface area (Å²) in [6.45, 7) is 2.28. The van der Waals surface area contributed by atoms with E-state index in [9.17, 15) is 0 Å². The van der Waals surface area contributed by atoms with Gasteiger partial charge in [-0.1, -0.05) is 6.07 Å². The highest BCUT2D eigenvalue weighted by Gasteiger charge is 1.94. The van der Waals surface area contributed by atoms with Crippen molar-refractivity contribution in [3.63, 3.8) is 0 Å². The van der Waals surface area contributed by atoms with Crippen molar-refractivity contribution in [2.75, 3.05) is 20.2 Å². The van der Waals surface area contributed by atoms with Crippen LogP contribution < -0.4 is 15.8 Å². The first-order valence-corrected chi connectivity index (χ1v) is 4.26. The van der Waals surface area contributed by atoms with Crippen molar-refractivity contribution in [3.8, 4) is 5.88 Å². The second-order valence-electron chi connectivity index (χ2n) is 2.67. The summed E-state index contributed by atoms with van der Waals surface area (Å²) in [6, 6.07) is 3.83. The molecule has 0 radical (unpaired) electrons. The number of aromatic nitrogens is 1. The molecule has 3 N–H and O–H groups in total. The lowest BCUT2D eigenvalue weighted by atomic mass is 10.3. The van der Waals surface area contributed by atoms with Crippen LogP contribution in [-0.2, 0) is 6.54 Å². The van der Waals surface area contributed by atoms with Crippen molar-refractivity contribution in [1.82, 2.24) is 10.3 Å². The molecule has 0 unspecified atom stereocenters. The Morgan fingerprint density at radius 3 is 2.92 bits per heavy atom. The molecule has 0 saturated heterocycles. The SMILES string of the molecule is COc1ccc(CNCCN)cn1. The highest BCUT2D eigenvalue weighted by atomic mass is 16.5. The predicted molar refractivity (Wildman–Crippen MR) is 51.6 cm³/mol. The summed E-state index contributed by atoms with van der Waals surface area (Å²) in [5.74, 6) is 0.641. The first kappa shape index (κ1) is 9.95. The van der Waals surface area contributed by atoms with E-state index < -0.39 is 0 Å². The van der Waals surface area contributed by atoms with Gasteiger partial charge >= 0.3 is 0 Å². The van der Waals surface area contributed by atoms with E-state index in [1.54, 1.807) is 13.3 Å². The molecule has 0 bridgehead atoms. The van der Waals surface area contributed by atoms with Gasteiger partial charge in [0.1, 0.15) is 0 Å². The molecule has 72 valence electrons. The maximum atomic E-state index is 5.34. The Hall–Kier alpha value is -1.13. The number of nitrogens with one attached hydrogen (secondary N) is 1. The molecule has 4 nitrogen and oxygen atoms in total. The maximum absolute atomic E-state index is 5.34. The van der Waals surface area contributed by atoms with E-state index >= 15 is 0 Å². The van der Waals surface area contributed by atoms with Crippen molar-refractivity contribution in [3.05, 3.63) is 23.9 Å². The monoisotopic (exact) mass is 181 g/mol. The smallest absolute Gasteiger partial charge is 0.212 e. The zero-order chi connectivity index (χ0) is 9.52. The lowest BCUT2D eigenvalue weighted by Gasteiger charge is -2.03. The van der Waals surface area contributed by atoms with E-state index in [0.29, 0.717) is 12.4 Å². The van der Waals surface area contributed by atoms with Crippen molar-refractivity contribution in [2.45, 2.75) is 6.54 Å². The first-order valence-electron chi connectivity index (χ1n) is 4.26. The molecule has 13 heavy (non-hydrogen) atoms. The topological polar surface area (TPSA) is 60.2 Å². The van der Waals surface area contributed by atoms with E-state index in [1.165, 1.54) is 0 Å². The number of pyridine rings is 1. The molecule has 0 spiro atoms. The van der Waals surface area contributed by atoms with E-state index in [2.05, 4.69) is 10.3 Å². The summed E-state index contributed by atoms with van der Waals surface area (Å²) in [5, 5.41) is 3.18. The molecule has 1 rings (SSSR count). The zero-order valence-electron chi connectivity index (χ0n) is 7.79. The Bertz CT molecular complexity index is 235. The summed E-state index contributed by atoms with van der Waals surface area (Å²) >= 11 is 0. The molecule has 0 atom stereocenters. The molecule has 1 aromatic heterocycles. The number of methoxy groups -OCH3 is 1. The first-order chi connectivity index (χ1) is 6.36. The number of nitrogens with two attached hydrogens (primary N) is 1. The zero-order valence-corrected chi connectivity index (χ0v) is 7.79. The van der Waals surface area contributed by atoms with Gasteiger partial charge in [0.25, 0.3) is 0 Å². The van der Waals surface area contributed by atoms with Gasteiger partial charge < -0.3 is 15.8 Å². The third-order valence-corrected chi connectivity index (χ3v) is 1.66. The van der Waals surface area contributed by atoms with Crippen LogP contribution in [0.15, 0.2) is 18.3 Å². The summed E-state index contributed by atoms with van der Waals surface area (Å²) in [7, 11) is 1.61. The van der Waals surface area contributed by atoms with Gasteiger partial charge in [0, 0.05) is 31.9 Å². The number of nitrogens with zero attached hydrogens (tertiary/aromatic N) is 1. The number of rotatable bonds is 5. The molecule has 0 saturated carbocycles. The quantitative estimate of drug-likeness (QED) is 0.634. The van der Waals surface area contributed by atoms with Gasteiger partial charge in [-0.3, -0.25) is 0 Å². The molecule has 1 heterocycles. The fourth-order valence-corrected chi connectivity index (χ4v) is 0.971. The lowest BCUT2D eigenvalue weighted by Crippen LogP contribution is -2.21. The van der Waals surface area contributed by atoms with Crippen LogP contribution in [0.5, 0.6) is 5.88 Å². The Balaban J connectivity index is 2.40. The van der Waals surface area contributed by atoms with E-state index in [0.717, 1.165) is 18.7 Å². The van der Waals surface area contributed by atoms with Gasteiger partial charge in [0.15, 0.2) is 0 Å². The van der Waals surface area contributed by atoms with E-state index in [1.807, 2.05) is 12.1 Å². The normalized spacial score (nSPS) is 10.0. The predicted octanol–water partition coefficient (Wildman–Crippen LogP) is 0.138. The molecule has 1 aromatic rings. The molecule has 0 aliphatic rings. The van der Waals surface area contributed by atoms with Crippen molar-refractivity contribution < 1.29 is 4.74 Å². The van der Waals surface area contributed by atoms with Crippen LogP contribution in [0.4, 0.5) is 0 Å². The molecule has 0 fully saturated rings. The Morgan fingerprint density at radius 2 is 2.38 bits per heavy atom. The molecule has 0 aromatic carbocycles. The Labute approximate surface area is 78.1 Å². The average Bonchev–Trinajstić information content (AvgIpc) is 2.19. The minimum Gasteiger partial charge on any atom is -0.481 e. The fourth-order valence-electron chi connectivity index (χ4n) is 0.971. The van der Waals surface area contributed by atoms with Crippen LogP contribution >= 0.6 is 0 Å². The van der Waals surface area contributed by atoms with Gasteiger partial charge in [0.05, 0.1) is 7.11 Å². The highest BCUT2D eigenvalue weighted by Crippen LogP contribution is 2.05. The fraction of sp³-hybridized carbons (Fsp3) is 0.444. The molecule has 0 aliphatic heterocycles. The third kappa shape index (κ3) is 3.40. The van der Waals surface area contributed by atoms with Crippen molar-refractivity contribution >= 4 is 0 Å². The molecular weight excluding hydrogens is 166 g/mol. The number of hydrogen-bond acceptors (Lipinski definition) is 4. The third-order valence-electron chi connectivity index (χ3n) is 1.66. The number of hydrogen-bond donors (Lipinski definition) is 2. The van der Waals surface area contributed by atoms with Gasteiger partial charge in [-0.25, -0.2) is 4.98 Å². The Kier molecular flexibility index (Phi) is 4.21. The average molecular weight is 181 g/mol. The van der Waals surface area contributed by atoms with Crippen LogP contribution in [0, 0.1) is 0 Å². The molecule has 0 amide bonds. The summed E-state index contributed by atoms with van der Waals surface area (Å²) in [4.78, 5) is 4.08. The summed E-state index contributed by atoms with van der Waals surface area (Å²) in [6.07, 6.45) is 1.79. The van der Waals surface area contributed by atoms with Gasteiger partial charge in [-0.05, 0) is 5.56 Å². The van der Waals surface area contributed by atoms with Crippen LogP contribution in [0.3, 0.4) is 0 Å². The van der Waals surface area contributed by atoms with Crippen LogP contribution in [0.25, 0.3) is 0 Å². The van der Waals surface area contributed by atoms with E-state index in [4.69, 9.17) is 10.5 Å². The van der Waals surface area contributed by atoms with Gasteiger partial charge in [-0.15, -0.1) is 0 Å². The molecule has 4 heteroatoms. The van der Waals surface area contributed by atoms with Gasteiger partial charge in [0.2, 0.25) is 5.88 Å².